The highest BCUT2D eigenvalue weighted by Gasteiger charge is 2.16. The number of likely N-dealkylation sites (tertiary alicyclic amines) is 1. The van der Waals surface area contributed by atoms with Crippen LogP contribution in [0, 0.1) is 6.92 Å². The van der Waals surface area contributed by atoms with Gasteiger partial charge in [-0.1, -0.05) is 24.3 Å². The molecule has 28 heavy (non-hydrogen) atoms. The minimum atomic E-state index is -0.137. The number of aliphatic hydroxyl groups is 1. The van der Waals surface area contributed by atoms with E-state index in [1.165, 1.54) is 18.4 Å². The first-order valence-corrected chi connectivity index (χ1v) is 9.75. The quantitative estimate of drug-likeness (QED) is 0.688. The Hall–Kier alpha value is -2.63. The maximum absolute atomic E-state index is 9.84. The van der Waals surface area contributed by atoms with Crippen molar-refractivity contribution in [1.82, 2.24) is 9.88 Å². The third kappa shape index (κ3) is 3.81. The summed E-state index contributed by atoms with van der Waals surface area (Å²) in [4.78, 5) is 7.15. The lowest BCUT2D eigenvalue weighted by molar-refractivity contribution is 0.274. The van der Waals surface area contributed by atoms with Crippen LogP contribution in [0.4, 0.5) is 0 Å². The number of pyridine rings is 1. The Morgan fingerprint density at radius 1 is 1.07 bits per heavy atom. The number of aromatic nitrogens is 1. The molecule has 0 aliphatic carbocycles. The Kier molecular flexibility index (Phi) is 5.46. The summed E-state index contributed by atoms with van der Waals surface area (Å²) in [6, 6.07) is 14.0. The molecule has 0 saturated carbocycles. The molecule has 1 aromatic heterocycles. The molecule has 5 nitrogen and oxygen atoms in total. The molecule has 3 aromatic rings. The van der Waals surface area contributed by atoms with Crippen molar-refractivity contribution < 1.29 is 14.6 Å². The smallest absolute Gasteiger partial charge is 0.225 e. The zero-order valence-corrected chi connectivity index (χ0v) is 16.4. The van der Waals surface area contributed by atoms with Crippen molar-refractivity contribution in [2.45, 2.75) is 32.9 Å². The zero-order valence-electron chi connectivity index (χ0n) is 16.4. The van der Waals surface area contributed by atoms with Gasteiger partial charge in [0.1, 0.15) is 0 Å². The fraction of sp³-hybridized carbons (Fsp3) is 0.348. The molecule has 0 atom stereocenters. The normalized spacial score (nSPS) is 14.5. The lowest BCUT2D eigenvalue weighted by Crippen LogP contribution is -2.18. The van der Waals surface area contributed by atoms with Gasteiger partial charge in [0.05, 0.1) is 19.2 Å². The van der Waals surface area contributed by atoms with Gasteiger partial charge in [0, 0.05) is 17.5 Å². The Balaban J connectivity index is 1.69. The Morgan fingerprint density at radius 2 is 1.89 bits per heavy atom. The van der Waals surface area contributed by atoms with Gasteiger partial charge in [0.25, 0.3) is 0 Å². The van der Waals surface area contributed by atoms with Crippen LogP contribution < -0.4 is 9.47 Å². The number of nitrogens with zero attached hydrogens (tertiary/aromatic N) is 2. The molecule has 5 heteroatoms. The highest BCUT2D eigenvalue weighted by Crippen LogP contribution is 2.35. The number of methoxy groups -OCH3 is 1. The molecular weight excluding hydrogens is 352 g/mol. The van der Waals surface area contributed by atoms with Gasteiger partial charge >= 0.3 is 0 Å². The molecule has 0 bridgehead atoms. The van der Waals surface area contributed by atoms with Gasteiger partial charge in [0.2, 0.25) is 5.88 Å². The van der Waals surface area contributed by atoms with E-state index in [1.54, 1.807) is 7.11 Å². The van der Waals surface area contributed by atoms with Crippen LogP contribution >= 0.6 is 0 Å². The highest BCUT2D eigenvalue weighted by atomic mass is 16.5. The van der Waals surface area contributed by atoms with Gasteiger partial charge < -0.3 is 14.6 Å². The van der Waals surface area contributed by atoms with Crippen LogP contribution in [0.1, 0.15) is 29.5 Å². The summed E-state index contributed by atoms with van der Waals surface area (Å²) in [6.07, 6.45) is 2.53. The van der Waals surface area contributed by atoms with Gasteiger partial charge in [-0.2, -0.15) is 0 Å². The van der Waals surface area contributed by atoms with Crippen LogP contribution in [0.2, 0.25) is 0 Å². The van der Waals surface area contributed by atoms with Crippen LogP contribution in [0.25, 0.3) is 10.9 Å². The predicted molar refractivity (Wildman–Crippen MR) is 110 cm³/mol. The van der Waals surface area contributed by atoms with Gasteiger partial charge in [-0.15, -0.1) is 0 Å². The van der Waals surface area contributed by atoms with Crippen molar-refractivity contribution in [1.29, 1.82) is 0 Å². The van der Waals surface area contributed by atoms with E-state index >= 15 is 0 Å². The molecular formula is C23H26N2O3. The summed E-state index contributed by atoms with van der Waals surface area (Å²) >= 11 is 0. The lowest BCUT2D eigenvalue weighted by atomic mass is 10.1. The Labute approximate surface area is 165 Å². The molecule has 0 radical (unpaired) electrons. The third-order valence-electron chi connectivity index (χ3n) is 5.30. The van der Waals surface area contributed by atoms with E-state index < -0.39 is 0 Å². The summed E-state index contributed by atoms with van der Waals surface area (Å²) in [7, 11) is 1.63. The van der Waals surface area contributed by atoms with Crippen molar-refractivity contribution in [2.75, 3.05) is 20.2 Å². The maximum atomic E-state index is 9.84. The number of rotatable bonds is 6. The van der Waals surface area contributed by atoms with E-state index in [2.05, 4.69) is 11.0 Å². The Bertz CT molecular complexity index is 981. The van der Waals surface area contributed by atoms with Crippen LogP contribution in [-0.2, 0) is 13.2 Å². The second-order valence-corrected chi connectivity index (χ2v) is 7.33. The molecule has 1 saturated heterocycles. The zero-order chi connectivity index (χ0) is 19.5. The van der Waals surface area contributed by atoms with E-state index in [0.29, 0.717) is 22.9 Å². The van der Waals surface area contributed by atoms with Crippen LogP contribution in [0.3, 0.4) is 0 Å². The first kappa shape index (κ1) is 18.7. The first-order valence-electron chi connectivity index (χ1n) is 9.75. The molecule has 1 N–H and O–H groups in total. The topological polar surface area (TPSA) is 54.8 Å². The summed E-state index contributed by atoms with van der Waals surface area (Å²) in [5.74, 6) is 1.69. The average molecular weight is 378 g/mol. The van der Waals surface area contributed by atoms with Crippen LogP contribution in [0.5, 0.6) is 17.4 Å². The number of benzene rings is 2. The van der Waals surface area contributed by atoms with E-state index in [-0.39, 0.29) is 6.61 Å². The molecule has 146 valence electrons. The van der Waals surface area contributed by atoms with E-state index in [1.807, 2.05) is 43.3 Å². The summed E-state index contributed by atoms with van der Waals surface area (Å²) in [6.45, 7) is 5.07. The molecule has 0 unspecified atom stereocenters. The van der Waals surface area contributed by atoms with Crippen molar-refractivity contribution in [3.05, 3.63) is 59.2 Å². The van der Waals surface area contributed by atoms with Crippen LogP contribution in [-0.4, -0.2) is 35.2 Å². The van der Waals surface area contributed by atoms with E-state index in [0.717, 1.165) is 36.1 Å². The van der Waals surface area contributed by atoms with Crippen molar-refractivity contribution >= 4 is 10.9 Å². The number of aryl methyl sites for hydroxylation is 1. The molecule has 1 aliphatic rings. The average Bonchev–Trinajstić information content (AvgIpc) is 3.21. The fourth-order valence-corrected chi connectivity index (χ4v) is 3.78. The molecule has 0 spiro atoms. The number of fused-ring (bicyclic) bond motifs is 1. The standard InChI is InChI=1S/C23H26N2O3/c1-16-6-5-7-18-13-19(15-26)23(24-22(16)18)28-21-12-17(8-9-20(21)27-2)14-25-10-3-4-11-25/h5-9,12-13,26H,3-4,10-11,14-15H2,1-2H3. The molecule has 0 amide bonds. The van der Waals surface area contributed by atoms with Crippen LogP contribution in [0.15, 0.2) is 42.5 Å². The van der Waals surface area contributed by atoms with E-state index in [9.17, 15) is 5.11 Å². The van der Waals surface area contributed by atoms with E-state index in [4.69, 9.17) is 14.5 Å². The number of para-hydroxylation sites is 1. The largest absolute Gasteiger partial charge is 0.493 e. The molecule has 1 fully saturated rings. The van der Waals surface area contributed by atoms with Crippen molar-refractivity contribution in [3.63, 3.8) is 0 Å². The van der Waals surface area contributed by atoms with Gasteiger partial charge in [0.15, 0.2) is 11.5 Å². The fourth-order valence-electron chi connectivity index (χ4n) is 3.78. The number of aliphatic hydroxyl groups excluding tert-OH is 1. The number of ether oxygens (including phenoxy) is 2. The summed E-state index contributed by atoms with van der Waals surface area (Å²) in [5, 5.41) is 10.8. The second-order valence-electron chi connectivity index (χ2n) is 7.33. The van der Waals surface area contributed by atoms with Gasteiger partial charge in [-0.05, 0) is 62.2 Å². The SMILES string of the molecule is COc1ccc(CN2CCCC2)cc1Oc1nc2c(C)cccc2cc1CO. The van der Waals surface area contributed by atoms with Gasteiger partial charge in [-0.3, -0.25) is 4.90 Å². The summed E-state index contributed by atoms with van der Waals surface area (Å²) in [5.41, 5.74) is 3.79. The van der Waals surface area contributed by atoms with Gasteiger partial charge in [-0.25, -0.2) is 4.98 Å². The number of hydrogen-bond donors (Lipinski definition) is 1. The maximum Gasteiger partial charge on any atom is 0.225 e. The number of hydrogen-bond acceptors (Lipinski definition) is 5. The van der Waals surface area contributed by atoms with Crippen molar-refractivity contribution in [3.8, 4) is 17.4 Å². The highest BCUT2D eigenvalue weighted by molar-refractivity contribution is 5.83. The molecule has 1 aliphatic heterocycles. The monoisotopic (exact) mass is 378 g/mol. The lowest BCUT2D eigenvalue weighted by Gasteiger charge is -2.17. The minimum absolute atomic E-state index is 0.137. The molecule has 4 rings (SSSR count). The molecule has 2 aromatic carbocycles. The molecule has 2 heterocycles. The second kappa shape index (κ2) is 8.17. The summed E-state index contributed by atoms with van der Waals surface area (Å²) < 4.78 is 11.7. The van der Waals surface area contributed by atoms with Crippen molar-refractivity contribution in [2.24, 2.45) is 0 Å². The third-order valence-corrected chi connectivity index (χ3v) is 5.30. The Morgan fingerprint density at radius 3 is 2.64 bits per heavy atom. The predicted octanol–water partition coefficient (Wildman–Crippen LogP) is 4.43. The minimum Gasteiger partial charge on any atom is -0.493 e. The first-order chi connectivity index (χ1) is 13.7.